The summed E-state index contributed by atoms with van der Waals surface area (Å²) in [7, 11) is 0. The molecule has 1 saturated heterocycles. The van der Waals surface area contributed by atoms with Crippen LogP contribution < -0.4 is 5.11 Å². The van der Waals surface area contributed by atoms with Crippen LogP contribution in [0, 0.1) is 0 Å². The SMILES string of the molecule is O=Cc1ccc(/C=C2\SC(=S)N(CCC(=O)[O-])C2=O)cc1. The molecule has 5 nitrogen and oxygen atoms in total. The van der Waals surface area contributed by atoms with Gasteiger partial charge < -0.3 is 9.90 Å². The van der Waals surface area contributed by atoms with Gasteiger partial charge in [-0.25, -0.2) is 0 Å². The number of benzene rings is 1. The largest absolute Gasteiger partial charge is 0.550 e. The highest BCUT2D eigenvalue weighted by atomic mass is 32.2. The zero-order valence-electron chi connectivity index (χ0n) is 10.8. The summed E-state index contributed by atoms with van der Waals surface area (Å²) in [6.07, 6.45) is 2.14. The smallest absolute Gasteiger partial charge is 0.266 e. The standard InChI is InChI=1S/C14H11NO4S2/c16-8-10-3-1-9(2-4-10)7-11-13(19)15(14(20)21-11)6-5-12(17)18/h1-4,7-8H,5-6H2,(H,17,18)/p-1/b11-7-. The molecule has 1 heterocycles. The summed E-state index contributed by atoms with van der Waals surface area (Å²) < 4.78 is 0.331. The number of thioether (sulfide) groups is 1. The third-order valence-electron chi connectivity index (χ3n) is 2.78. The molecule has 0 atom stereocenters. The predicted octanol–water partition coefficient (Wildman–Crippen LogP) is 0.840. The molecule has 0 aromatic heterocycles. The second-order valence-electron chi connectivity index (χ2n) is 4.24. The van der Waals surface area contributed by atoms with Crippen molar-refractivity contribution < 1.29 is 19.5 Å². The molecule has 1 aromatic carbocycles. The summed E-state index contributed by atoms with van der Waals surface area (Å²) in [5, 5.41) is 10.5. The predicted molar refractivity (Wildman–Crippen MR) is 81.3 cm³/mol. The maximum atomic E-state index is 12.1. The van der Waals surface area contributed by atoms with Gasteiger partial charge in [0.25, 0.3) is 5.91 Å². The molecule has 21 heavy (non-hydrogen) atoms. The summed E-state index contributed by atoms with van der Waals surface area (Å²) in [6, 6.07) is 6.74. The van der Waals surface area contributed by atoms with Crippen molar-refractivity contribution in [2.75, 3.05) is 6.54 Å². The third-order valence-corrected chi connectivity index (χ3v) is 4.16. The highest BCUT2D eigenvalue weighted by Gasteiger charge is 2.31. The maximum absolute atomic E-state index is 12.1. The van der Waals surface area contributed by atoms with E-state index in [1.807, 2.05) is 0 Å². The lowest BCUT2D eigenvalue weighted by Gasteiger charge is -2.14. The number of carboxylic acids is 1. The Bertz CT molecular complexity index is 637. The van der Waals surface area contributed by atoms with E-state index in [2.05, 4.69) is 0 Å². The number of carbonyl (C=O) groups is 3. The first-order valence-corrected chi connectivity index (χ1v) is 7.24. The minimum absolute atomic E-state index is 0.00835. The zero-order valence-corrected chi connectivity index (χ0v) is 12.4. The average molecular weight is 320 g/mol. The molecular formula is C14H10NO4S2-. The fraction of sp³-hybridized carbons (Fsp3) is 0.143. The van der Waals surface area contributed by atoms with Crippen molar-refractivity contribution in [1.29, 1.82) is 0 Å². The van der Waals surface area contributed by atoms with Crippen LogP contribution in [0.4, 0.5) is 0 Å². The molecule has 108 valence electrons. The summed E-state index contributed by atoms with van der Waals surface area (Å²) >= 11 is 6.19. The van der Waals surface area contributed by atoms with Crippen LogP contribution in [0.25, 0.3) is 6.08 Å². The van der Waals surface area contributed by atoms with E-state index in [9.17, 15) is 19.5 Å². The zero-order chi connectivity index (χ0) is 15.4. The lowest BCUT2D eigenvalue weighted by Crippen LogP contribution is -2.33. The number of aldehydes is 1. The molecule has 2 rings (SSSR count). The summed E-state index contributed by atoms with van der Waals surface area (Å²) in [4.78, 5) is 34.9. The lowest BCUT2D eigenvalue weighted by molar-refractivity contribution is -0.305. The number of thiocarbonyl (C=S) groups is 1. The second-order valence-corrected chi connectivity index (χ2v) is 5.92. The van der Waals surface area contributed by atoms with Crippen molar-refractivity contribution in [2.45, 2.75) is 6.42 Å². The van der Waals surface area contributed by atoms with Gasteiger partial charge in [0.05, 0.1) is 4.91 Å². The number of hydrogen-bond acceptors (Lipinski definition) is 6. The van der Waals surface area contributed by atoms with Crippen LogP contribution in [0.5, 0.6) is 0 Å². The molecule has 0 saturated carbocycles. The number of nitrogens with zero attached hydrogens (tertiary/aromatic N) is 1. The number of amides is 1. The van der Waals surface area contributed by atoms with Crippen molar-refractivity contribution in [3.63, 3.8) is 0 Å². The van der Waals surface area contributed by atoms with E-state index in [0.717, 1.165) is 23.6 Å². The first kappa shape index (κ1) is 15.4. The normalized spacial score (nSPS) is 16.6. The fourth-order valence-electron chi connectivity index (χ4n) is 1.72. The summed E-state index contributed by atoms with van der Waals surface area (Å²) in [5.41, 5.74) is 1.31. The van der Waals surface area contributed by atoms with Gasteiger partial charge in [-0.15, -0.1) is 0 Å². The van der Waals surface area contributed by atoms with Crippen LogP contribution >= 0.6 is 24.0 Å². The van der Waals surface area contributed by atoms with E-state index < -0.39 is 5.97 Å². The molecule has 1 aromatic rings. The van der Waals surface area contributed by atoms with E-state index in [4.69, 9.17) is 12.2 Å². The molecular weight excluding hydrogens is 310 g/mol. The van der Waals surface area contributed by atoms with Gasteiger partial charge in [0.15, 0.2) is 0 Å². The van der Waals surface area contributed by atoms with Gasteiger partial charge in [0.2, 0.25) is 0 Å². The molecule has 0 N–H and O–H groups in total. The minimum atomic E-state index is -1.22. The van der Waals surface area contributed by atoms with Gasteiger partial charge in [-0.3, -0.25) is 14.5 Å². The first-order chi connectivity index (χ1) is 10.0. The van der Waals surface area contributed by atoms with Gasteiger partial charge in [-0.1, -0.05) is 48.2 Å². The molecule has 1 fully saturated rings. The molecule has 1 amide bonds. The van der Waals surface area contributed by atoms with Gasteiger partial charge in [-0.2, -0.15) is 0 Å². The van der Waals surface area contributed by atoms with Crippen LogP contribution in [-0.4, -0.2) is 33.9 Å². The second kappa shape index (κ2) is 6.64. The van der Waals surface area contributed by atoms with Crippen molar-refractivity contribution in [1.82, 2.24) is 4.90 Å². The Labute approximate surface area is 130 Å². The van der Waals surface area contributed by atoms with Crippen LogP contribution in [0.3, 0.4) is 0 Å². The fourth-order valence-corrected chi connectivity index (χ4v) is 3.03. The molecule has 0 unspecified atom stereocenters. The van der Waals surface area contributed by atoms with E-state index >= 15 is 0 Å². The number of carbonyl (C=O) groups excluding carboxylic acids is 3. The van der Waals surface area contributed by atoms with Crippen LogP contribution in [-0.2, 0) is 9.59 Å². The van der Waals surface area contributed by atoms with Gasteiger partial charge >= 0.3 is 0 Å². The quantitative estimate of drug-likeness (QED) is 0.454. The number of hydrogen-bond donors (Lipinski definition) is 0. The van der Waals surface area contributed by atoms with Crippen molar-refractivity contribution in [3.05, 3.63) is 40.3 Å². The average Bonchev–Trinajstić information content (AvgIpc) is 2.72. The van der Waals surface area contributed by atoms with E-state index in [1.165, 1.54) is 4.90 Å². The number of aliphatic carboxylic acids is 1. The Morgan fingerprint density at radius 3 is 2.48 bits per heavy atom. The third kappa shape index (κ3) is 3.77. The van der Waals surface area contributed by atoms with Gasteiger partial charge in [0, 0.05) is 24.5 Å². The van der Waals surface area contributed by atoms with E-state index in [-0.39, 0.29) is 18.9 Å². The molecule has 0 bridgehead atoms. The van der Waals surface area contributed by atoms with Crippen LogP contribution in [0.1, 0.15) is 22.3 Å². The highest BCUT2D eigenvalue weighted by Crippen LogP contribution is 2.32. The first-order valence-electron chi connectivity index (χ1n) is 6.01. The molecule has 0 radical (unpaired) electrons. The summed E-state index contributed by atoms with van der Waals surface area (Å²) in [5.74, 6) is -1.54. The van der Waals surface area contributed by atoms with Gasteiger partial charge in [-0.05, 0) is 11.6 Å². The number of carboxylic acid groups (broad SMARTS) is 1. The Hall–Kier alpha value is -1.99. The Balaban J connectivity index is 2.15. The van der Waals surface area contributed by atoms with Crippen molar-refractivity contribution >= 4 is 52.5 Å². The number of rotatable bonds is 5. The Kier molecular flexibility index (Phi) is 4.87. The highest BCUT2D eigenvalue weighted by molar-refractivity contribution is 8.26. The van der Waals surface area contributed by atoms with Crippen molar-refractivity contribution in [2.24, 2.45) is 0 Å². The molecule has 0 aliphatic carbocycles. The van der Waals surface area contributed by atoms with Crippen LogP contribution in [0.15, 0.2) is 29.2 Å². The molecule has 1 aliphatic heterocycles. The topological polar surface area (TPSA) is 77.5 Å². The minimum Gasteiger partial charge on any atom is -0.550 e. The molecule has 1 aliphatic rings. The van der Waals surface area contributed by atoms with E-state index in [1.54, 1.807) is 30.3 Å². The Morgan fingerprint density at radius 1 is 1.29 bits per heavy atom. The van der Waals surface area contributed by atoms with Gasteiger partial charge in [0.1, 0.15) is 10.6 Å². The van der Waals surface area contributed by atoms with Crippen molar-refractivity contribution in [3.8, 4) is 0 Å². The monoisotopic (exact) mass is 320 g/mol. The van der Waals surface area contributed by atoms with Crippen LogP contribution in [0.2, 0.25) is 0 Å². The lowest BCUT2D eigenvalue weighted by atomic mass is 10.1. The molecule has 7 heteroatoms. The Morgan fingerprint density at radius 2 is 1.90 bits per heavy atom. The summed E-state index contributed by atoms with van der Waals surface area (Å²) in [6.45, 7) is 0.00835. The maximum Gasteiger partial charge on any atom is 0.266 e. The molecule has 0 spiro atoms. The van der Waals surface area contributed by atoms with E-state index in [0.29, 0.717) is 14.8 Å².